The van der Waals surface area contributed by atoms with E-state index < -0.39 is 24.3 Å². The number of rotatable bonds is 19. The number of hydrogen-bond acceptors (Lipinski definition) is 12. The highest BCUT2D eigenvalue weighted by atomic mass is 16.6. The van der Waals surface area contributed by atoms with Crippen molar-refractivity contribution < 1.29 is 47.6 Å². The number of amides is 4. The summed E-state index contributed by atoms with van der Waals surface area (Å²) in [6.45, 7) is 2.31. The summed E-state index contributed by atoms with van der Waals surface area (Å²) in [5, 5.41) is 5.62. The number of aromatic nitrogens is 4. The molecule has 4 aliphatic rings. The lowest BCUT2D eigenvalue weighted by atomic mass is 9.96. The summed E-state index contributed by atoms with van der Waals surface area (Å²) >= 11 is 0. The second-order valence-corrected chi connectivity index (χ2v) is 17.7. The van der Waals surface area contributed by atoms with Gasteiger partial charge in [-0.05, 0) is 92.5 Å². The van der Waals surface area contributed by atoms with Crippen molar-refractivity contribution in [2.45, 2.75) is 94.8 Å². The van der Waals surface area contributed by atoms with Gasteiger partial charge in [0.05, 0.1) is 63.3 Å². The third kappa shape index (κ3) is 10.7. The van der Waals surface area contributed by atoms with Crippen LogP contribution in [0.2, 0.25) is 0 Å². The smallest absolute Gasteiger partial charge is 0.407 e. The van der Waals surface area contributed by atoms with Crippen LogP contribution in [-0.4, -0.2) is 134 Å². The lowest BCUT2D eigenvalue weighted by Gasteiger charge is -2.31. The number of benzene rings is 2. The molecule has 2 aliphatic heterocycles. The van der Waals surface area contributed by atoms with Crippen LogP contribution in [0.4, 0.5) is 9.59 Å². The molecule has 2 aliphatic carbocycles. The standard InChI is InChI=1S/C50H64N8O10/c1-63-25-27-67-43-35(31-17-19-32(20-18-31)37-29-51-45(53-37)39-15-9-23-57(39)47(59)41(55-49(61)65-3)33-11-5-6-12-33)21-22-36(44(43)68-28-26-64-2)38-30-52-46(54-38)40-16-10-24-58(40)48(60)42(56-50(62)66-4)34-13-7-8-14-34/h13,17-22,29-30,33,39-42H,5-12,14-16,23-28H2,1-4H3,(H,51,53)(H,52,54)(H,55,61)(H,56,62)/t39-,40-,41-,42-/m0/s1. The molecule has 364 valence electrons. The van der Waals surface area contributed by atoms with Crippen LogP contribution >= 0.6 is 0 Å². The van der Waals surface area contributed by atoms with Gasteiger partial charge in [-0.25, -0.2) is 19.6 Å². The van der Waals surface area contributed by atoms with Crippen molar-refractivity contribution in [1.82, 2.24) is 40.4 Å². The average molecular weight is 937 g/mol. The molecule has 2 aromatic heterocycles. The monoisotopic (exact) mass is 936 g/mol. The fourth-order valence-corrected chi connectivity index (χ4v) is 10.1. The largest absolute Gasteiger partial charge is 0.487 e. The summed E-state index contributed by atoms with van der Waals surface area (Å²) in [4.78, 5) is 73.2. The summed E-state index contributed by atoms with van der Waals surface area (Å²) < 4.78 is 33.6. The molecule has 0 radical (unpaired) electrons. The number of allylic oxidation sites excluding steroid dienone is 1. The van der Waals surface area contributed by atoms with E-state index >= 15 is 0 Å². The van der Waals surface area contributed by atoms with Crippen LogP contribution in [0.25, 0.3) is 33.6 Å². The van der Waals surface area contributed by atoms with E-state index in [-0.39, 0.29) is 43.0 Å². The number of carbonyl (C=O) groups is 4. The molecule has 0 spiro atoms. The molecule has 4 heterocycles. The first-order chi connectivity index (χ1) is 33.2. The molecule has 3 fully saturated rings. The average Bonchev–Trinajstić information content (AvgIpc) is 4.22. The number of hydrogen-bond donors (Lipinski definition) is 4. The molecule has 18 heteroatoms. The van der Waals surface area contributed by atoms with Gasteiger partial charge in [0.2, 0.25) is 11.8 Å². The number of likely N-dealkylation sites (tertiary alicyclic amines) is 2. The second kappa shape index (κ2) is 22.6. The fourth-order valence-electron chi connectivity index (χ4n) is 10.1. The Hall–Kier alpha value is -6.40. The highest BCUT2D eigenvalue weighted by Gasteiger charge is 2.41. The number of carbonyl (C=O) groups excluding carboxylic acids is 4. The first kappa shape index (κ1) is 48.1. The zero-order valence-electron chi connectivity index (χ0n) is 39.5. The number of aromatic amines is 2. The van der Waals surface area contributed by atoms with Crippen LogP contribution in [0.1, 0.15) is 94.4 Å². The van der Waals surface area contributed by atoms with Crippen molar-refractivity contribution in [3.8, 4) is 45.1 Å². The van der Waals surface area contributed by atoms with E-state index in [0.717, 1.165) is 92.2 Å². The SMILES string of the molecule is COCCOc1c(-c2ccc(-c3cnc([C@@H]4CCCN4C(=O)[C@@H](NC(=O)OC)C4CCCC4)[nH]3)cc2)ccc(-c2cnc([C@@H]3CCCN3C(=O)[C@@H](NC(=O)OC)C3=CCCC3)[nH]2)c1OCCOC. The van der Waals surface area contributed by atoms with E-state index in [1.165, 1.54) is 14.2 Å². The van der Waals surface area contributed by atoms with Crippen molar-refractivity contribution in [2.75, 3.05) is 68.0 Å². The Balaban J connectivity index is 1.05. The number of methoxy groups -OCH3 is 4. The maximum absolute atomic E-state index is 14.2. The molecular weight excluding hydrogens is 873 g/mol. The zero-order valence-corrected chi connectivity index (χ0v) is 39.5. The first-order valence-electron chi connectivity index (χ1n) is 23.8. The van der Waals surface area contributed by atoms with E-state index in [1.54, 1.807) is 31.5 Å². The molecule has 4 aromatic rings. The fraction of sp³-hybridized carbons (Fsp3) is 0.520. The summed E-state index contributed by atoms with van der Waals surface area (Å²) in [6, 6.07) is 10.0. The normalized spacial score (nSPS) is 19.1. The third-order valence-electron chi connectivity index (χ3n) is 13.6. The molecule has 1 saturated carbocycles. The van der Waals surface area contributed by atoms with E-state index in [4.69, 9.17) is 38.4 Å². The van der Waals surface area contributed by atoms with Gasteiger partial charge in [-0.1, -0.05) is 43.2 Å². The Morgan fingerprint density at radius 2 is 1.21 bits per heavy atom. The minimum atomic E-state index is -0.801. The van der Waals surface area contributed by atoms with Crippen molar-refractivity contribution in [1.29, 1.82) is 0 Å². The topological polar surface area (TPSA) is 212 Å². The number of ether oxygens (including phenoxy) is 6. The number of alkyl carbamates (subject to hydrolysis) is 2. The lowest BCUT2D eigenvalue weighted by molar-refractivity contribution is -0.136. The second-order valence-electron chi connectivity index (χ2n) is 17.7. The quantitative estimate of drug-likeness (QED) is 0.0541. The van der Waals surface area contributed by atoms with E-state index in [0.29, 0.717) is 67.1 Å². The van der Waals surface area contributed by atoms with Crippen molar-refractivity contribution in [3.05, 3.63) is 72.1 Å². The molecule has 2 saturated heterocycles. The third-order valence-corrected chi connectivity index (χ3v) is 13.6. The number of nitrogens with one attached hydrogen (secondary N) is 4. The Morgan fingerprint density at radius 1 is 0.647 bits per heavy atom. The van der Waals surface area contributed by atoms with Crippen molar-refractivity contribution in [2.24, 2.45) is 5.92 Å². The van der Waals surface area contributed by atoms with Gasteiger partial charge in [-0.15, -0.1) is 0 Å². The van der Waals surface area contributed by atoms with Crippen molar-refractivity contribution >= 4 is 24.0 Å². The molecule has 8 rings (SSSR count). The van der Waals surface area contributed by atoms with Crippen LogP contribution in [0.5, 0.6) is 11.5 Å². The molecule has 4 N–H and O–H groups in total. The summed E-state index contributed by atoms with van der Waals surface area (Å²) in [5.41, 5.74) is 5.69. The maximum Gasteiger partial charge on any atom is 0.407 e. The number of nitrogens with zero attached hydrogens (tertiary/aromatic N) is 4. The van der Waals surface area contributed by atoms with Crippen LogP contribution in [-0.2, 0) is 28.5 Å². The molecule has 0 bridgehead atoms. The van der Waals surface area contributed by atoms with Gasteiger partial charge in [0, 0.05) is 38.4 Å². The predicted octanol–water partition coefficient (Wildman–Crippen LogP) is 7.26. The highest BCUT2D eigenvalue weighted by molar-refractivity contribution is 5.90. The van der Waals surface area contributed by atoms with Crippen LogP contribution in [0.3, 0.4) is 0 Å². The molecule has 68 heavy (non-hydrogen) atoms. The Labute approximate surface area is 396 Å². The Kier molecular flexibility index (Phi) is 16.0. The summed E-state index contributed by atoms with van der Waals surface area (Å²) in [6.07, 6.45) is 13.8. The first-order valence-corrected chi connectivity index (χ1v) is 23.8. The highest BCUT2D eigenvalue weighted by Crippen LogP contribution is 2.46. The lowest BCUT2D eigenvalue weighted by Crippen LogP contribution is -2.51. The number of imidazole rings is 2. The Morgan fingerprint density at radius 3 is 1.81 bits per heavy atom. The predicted molar refractivity (Wildman–Crippen MR) is 252 cm³/mol. The Bertz CT molecular complexity index is 2410. The molecule has 0 unspecified atom stereocenters. The van der Waals surface area contributed by atoms with E-state index in [2.05, 4.69) is 20.6 Å². The molecule has 2 aromatic carbocycles. The van der Waals surface area contributed by atoms with E-state index in [9.17, 15) is 19.2 Å². The minimum Gasteiger partial charge on any atom is -0.487 e. The minimum absolute atomic E-state index is 0.0751. The van der Waals surface area contributed by atoms with Gasteiger partial charge in [-0.2, -0.15) is 0 Å². The van der Waals surface area contributed by atoms with Gasteiger partial charge >= 0.3 is 12.2 Å². The summed E-state index contributed by atoms with van der Waals surface area (Å²) in [5.74, 6) is 2.15. The van der Waals surface area contributed by atoms with Crippen LogP contribution < -0.4 is 20.1 Å². The molecule has 4 amide bonds. The van der Waals surface area contributed by atoms with E-state index in [1.807, 2.05) is 47.4 Å². The van der Waals surface area contributed by atoms with Gasteiger partial charge in [0.15, 0.2) is 11.5 Å². The molecular formula is C50H64N8O10. The van der Waals surface area contributed by atoms with Crippen LogP contribution in [0, 0.1) is 5.92 Å². The van der Waals surface area contributed by atoms with Gasteiger partial charge < -0.3 is 58.8 Å². The summed E-state index contributed by atoms with van der Waals surface area (Å²) in [7, 11) is 5.85. The zero-order chi connectivity index (χ0) is 47.6. The maximum atomic E-state index is 14.2. The number of H-pyrrole nitrogens is 2. The van der Waals surface area contributed by atoms with Gasteiger partial charge in [-0.3, -0.25) is 9.59 Å². The van der Waals surface area contributed by atoms with Crippen LogP contribution in [0.15, 0.2) is 60.4 Å². The molecule has 4 atom stereocenters. The van der Waals surface area contributed by atoms with Crippen molar-refractivity contribution in [3.63, 3.8) is 0 Å². The molecule has 18 nitrogen and oxygen atoms in total. The van der Waals surface area contributed by atoms with Gasteiger partial charge in [0.1, 0.15) is 36.9 Å². The van der Waals surface area contributed by atoms with Gasteiger partial charge in [0.25, 0.3) is 0 Å².